The van der Waals surface area contributed by atoms with E-state index in [1.165, 1.54) is 0 Å². The molecular formula is C25H23NO5. The summed E-state index contributed by atoms with van der Waals surface area (Å²) in [5.41, 5.74) is 2.38. The van der Waals surface area contributed by atoms with Crippen molar-refractivity contribution >= 4 is 23.3 Å². The van der Waals surface area contributed by atoms with Gasteiger partial charge >= 0.3 is 5.97 Å². The number of esters is 1. The predicted octanol–water partition coefficient (Wildman–Crippen LogP) is 4.65. The van der Waals surface area contributed by atoms with Gasteiger partial charge in [0.2, 0.25) is 5.91 Å². The fourth-order valence-electron chi connectivity index (χ4n) is 2.71. The van der Waals surface area contributed by atoms with Crippen LogP contribution in [0.1, 0.15) is 39.6 Å². The molecule has 3 aromatic rings. The lowest BCUT2D eigenvalue weighted by atomic mass is 10.1. The molecule has 0 aliphatic rings. The highest BCUT2D eigenvalue weighted by Crippen LogP contribution is 2.15. The van der Waals surface area contributed by atoms with Crippen molar-refractivity contribution in [3.05, 3.63) is 95.6 Å². The molecule has 0 saturated heterocycles. The number of anilines is 1. The minimum atomic E-state index is -0.588. The zero-order valence-electron chi connectivity index (χ0n) is 17.2. The molecule has 3 rings (SSSR count). The standard InChI is InChI=1S/C25H23NO5/c1-2-24(28)26-21-12-8-19(9-13-21)23(27)17-31-25(29)20-10-14-22(15-11-20)30-16-18-6-4-3-5-7-18/h3-15H,2,16-17H2,1H3,(H,26,28). The summed E-state index contributed by atoms with van der Waals surface area (Å²) in [5.74, 6) is -0.393. The van der Waals surface area contributed by atoms with Crippen molar-refractivity contribution in [2.45, 2.75) is 20.0 Å². The Morgan fingerprint density at radius 1 is 0.806 bits per heavy atom. The maximum Gasteiger partial charge on any atom is 0.338 e. The number of Topliss-reactive ketones (excluding diaryl/α,β-unsaturated/α-hetero) is 1. The molecule has 0 fully saturated rings. The fraction of sp³-hybridized carbons (Fsp3) is 0.160. The highest BCUT2D eigenvalue weighted by Gasteiger charge is 2.12. The number of ketones is 1. The topological polar surface area (TPSA) is 81.7 Å². The molecule has 0 spiro atoms. The van der Waals surface area contributed by atoms with Crippen molar-refractivity contribution in [1.29, 1.82) is 0 Å². The van der Waals surface area contributed by atoms with Gasteiger partial charge in [-0.3, -0.25) is 9.59 Å². The Morgan fingerprint density at radius 3 is 2.10 bits per heavy atom. The number of carbonyl (C=O) groups excluding carboxylic acids is 3. The fourth-order valence-corrected chi connectivity index (χ4v) is 2.71. The first-order valence-electron chi connectivity index (χ1n) is 9.92. The van der Waals surface area contributed by atoms with Gasteiger partial charge in [-0.15, -0.1) is 0 Å². The summed E-state index contributed by atoms with van der Waals surface area (Å²) in [6.45, 7) is 1.82. The summed E-state index contributed by atoms with van der Waals surface area (Å²) >= 11 is 0. The van der Waals surface area contributed by atoms with Crippen molar-refractivity contribution in [2.75, 3.05) is 11.9 Å². The summed E-state index contributed by atoms with van der Waals surface area (Å²) in [5, 5.41) is 2.71. The second-order valence-corrected chi connectivity index (χ2v) is 6.78. The molecule has 0 atom stereocenters. The van der Waals surface area contributed by atoms with Crippen LogP contribution in [0.3, 0.4) is 0 Å². The number of rotatable bonds is 9. The zero-order chi connectivity index (χ0) is 22.1. The third-order valence-corrected chi connectivity index (χ3v) is 4.48. The van der Waals surface area contributed by atoms with Crippen molar-refractivity contribution in [2.24, 2.45) is 0 Å². The number of hydrogen-bond donors (Lipinski definition) is 1. The second kappa shape index (κ2) is 10.7. The summed E-state index contributed by atoms with van der Waals surface area (Å²) < 4.78 is 10.8. The zero-order valence-corrected chi connectivity index (χ0v) is 17.2. The average molecular weight is 417 g/mol. The van der Waals surface area contributed by atoms with Crippen LogP contribution in [0.5, 0.6) is 5.75 Å². The number of benzene rings is 3. The molecular weight excluding hydrogens is 394 g/mol. The van der Waals surface area contributed by atoms with Gasteiger partial charge in [-0.1, -0.05) is 37.3 Å². The van der Waals surface area contributed by atoms with E-state index in [0.717, 1.165) is 5.56 Å². The summed E-state index contributed by atoms with van der Waals surface area (Å²) in [7, 11) is 0. The molecule has 0 aromatic heterocycles. The first-order chi connectivity index (χ1) is 15.0. The van der Waals surface area contributed by atoms with Crippen LogP contribution < -0.4 is 10.1 Å². The third-order valence-electron chi connectivity index (χ3n) is 4.48. The molecule has 0 heterocycles. The third kappa shape index (κ3) is 6.54. The molecule has 0 radical (unpaired) electrons. The van der Waals surface area contributed by atoms with Crippen LogP contribution >= 0.6 is 0 Å². The molecule has 0 aliphatic heterocycles. The number of ether oxygens (including phenoxy) is 2. The van der Waals surface area contributed by atoms with Crippen molar-refractivity contribution in [3.8, 4) is 5.75 Å². The first-order valence-corrected chi connectivity index (χ1v) is 9.92. The van der Waals surface area contributed by atoms with E-state index in [9.17, 15) is 14.4 Å². The molecule has 1 amide bonds. The minimum Gasteiger partial charge on any atom is -0.489 e. The Morgan fingerprint density at radius 2 is 1.45 bits per heavy atom. The van der Waals surface area contributed by atoms with E-state index < -0.39 is 5.97 Å². The largest absolute Gasteiger partial charge is 0.489 e. The smallest absolute Gasteiger partial charge is 0.338 e. The van der Waals surface area contributed by atoms with Gasteiger partial charge in [-0.05, 0) is 54.1 Å². The number of nitrogens with one attached hydrogen (secondary N) is 1. The van der Waals surface area contributed by atoms with E-state index in [4.69, 9.17) is 9.47 Å². The van der Waals surface area contributed by atoms with E-state index in [-0.39, 0.29) is 18.3 Å². The van der Waals surface area contributed by atoms with Crippen LogP contribution in [0.25, 0.3) is 0 Å². The van der Waals surface area contributed by atoms with Crippen LogP contribution in [0.4, 0.5) is 5.69 Å². The maximum absolute atomic E-state index is 12.3. The van der Waals surface area contributed by atoms with Crippen molar-refractivity contribution in [1.82, 2.24) is 0 Å². The van der Waals surface area contributed by atoms with Crippen molar-refractivity contribution < 1.29 is 23.9 Å². The molecule has 6 heteroatoms. The minimum absolute atomic E-state index is 0.107. The average Bonchev–Trinajstić information content (AvgIpc) is 2.82. The Bertz CT molecular complexity index is 1030. The van der Waals surface area contributed by atoms with Gasteiger partial charge in [0.1, 0.15) is 12.4 Å². The van der Waals surface area contributed by atoms with Gasteiger partial charge in [-0.25, -0.2) is 4.79 Å². The van der Waals surface area contributed by atoms with Crippen LogP contribution in [0, 0.1) is 0 Å². The number of hydrogen-bond acceptors (Lipinski definition) is 5. The van der Waals surface area contributed by atoms with Gasteiger partial charge in [0, 0.05) is 17.7 Å². The van der Waals surface area contributed by atoms with E-state index in [2.05, 4.69) is 5.32 Å². The van der Waals surface area contributed by atoms with E-state index in [0.29, 0.717) is 35.6 Å². The Hall–Kier alpha value is -3.93. The quantitative estimate of drug-likeness (QED) is 0.405. The van der Waals surface area contributed by atoms with Crippen LogP contribution in [-0.4, -0.2) is 24.3 Å². The molecule has 0 unspecified atom stereocenters. The van der Waals surface area contributed by atoms with Crippen LogP contribution in [0.15, 0.2) is 78.9 Å². The molecule has 158 valence electrons. The van der Waals surface area contributed by atoms with Gasteiger partial charge in [0.25, 0.3) is 0 Å². The van der Waals surface area contributed by atoms with Gasteiger partial charge in [0.15, 0.2) is 12.4 Å². The SMILES string of the molecule is CCC(=O)Nc1ccc(C(=O)COC(=O)c2ccc(OCc3ccccc3)cc2)cc1. The van der Waals surface area contributed by atoms with Gasteiger partial charge in [-0.2, -0.15) is 0 Å². The first kappa shape index (κ1) is 21.8. The Balaban J connectivity index is 1.48. The van der Waals surface area contributed by atoms with Gasteiger partial charge in [0.05, 0.1) is 5.56 Å². The molecule has 3 aromatic carbocycles. The van der Waals surface area contributed by atoms with E-state index in [1.54, 1.807) is 55.5 Å². The summed E-state index contributed by atoms with van der Waals surface area (Å²) in [6, 6.07) is 22.8. The summed E-state index contributed by atoms with van der Waals surface area (Å²) in [4.78, 5) is 35.9. The number of amides is 1. The monoisotopic (exact) mass is 417 g/mol. The maximum atomic E-state index is 12.3. The lowest BCUT2D eigenvalue weighted by Crippen LogP contribution is -2.14. The Kier molecular flexibility index (Phi) is 7.54. The van der Waals surface area contributed by atoms with Gasteiger partial charge < -0.3 is 14.8 Å². The second-order valence-electron chi connectivity index (χ2n) is 6.78. The molecule has 0 bridgehead atoms. The van der Waals surface area contributed by atoms with E-state index in [1.807, 2.05) is 30.3 Å². The number of carbonyl (C=O) groups is 3. The molecule has 0 saturated carbocycles. The molecule has 1 N–H and O–H groups in total. The predicted molar refractivity (Wildman–Crippen MR) is 117 cm³/mol. The lowest BCUT2D eigenvalue weighted by molar-refractivity contribution is -0.115. The van der Waals surface area contributed by atoms with Crippen LogP contribution in [-0.2, 0) is 16.1 Å². The molecule has 6 nitrogen and oxygen atoms in total. The Labute approximate surface area is 180 Å². The highest BCUT2D eigenvalue weighted by atomic mass is 16.5. The lowest BCUT2D eigenvalue weighted by Gasteiger charge is -2.08. The molecule has 31 heavy (non-hydrogen) atoms. The van der Waals surface area contributed by atoms with Crippen LogP contribution in [0.2, 0.25) is 0 Å². The van der Waals surface area contributed by atoms with E-state index >= 15 is 0 Å². The molecule has 0 aliphatic carbocycles. The highest BCUT2D eigenvalue weighted by molar-refractivity contribution is 6.00. The van der Waals surface area contributed by atoms with Crippen molar-refractivity contribution in [3.63, 3.8) is 0 Å². The summed E-state index contributed by atoms with van der Waals surface area (Å²) in [6.07, 6.45) is 0.372. The normalized spacial score (nSPS) is 10.2.